The van der Waals surface area contributed by atoms with E-state index in [9.17, 15) is 4.79 Å². The van der Waals surface area contributed by atoms with Crippen LogP contribution in [0.15, 0.2) is 42.6 Å². The zero-order valence-electron chi connectivity index (χ0n) is 14.8. The van der Waals surface area contributed by atoms with E-state index in [1.54, 1.807) is 10.7 Å². The molecular weight excluding hydrogens is 312 g/mol. The van der Waals surface area contributed by atoms with Crippen LogP contribution in [0.25, 0.3) is 16.9 Å². The van der Waals surface area contributed by atoms with E-state index < -0.39 is 0 Å². The number of benzene rings is 1. The van der Waals surface area contributed by atoms with Crippen LogP contribution in [-0.4, -0.2) is 27.0 Å². The molecular formula is C20H24N4O. The van der Waals surface area contributed by atoms with E-state index in [1.807, 2.05) is 43.3 Å². The summed E-state index contributed by atoms with van der Waals surface area (Å²) in [5.74, 6) is -0.0703. The molecule has 0 saturated carbocycles. The zero-order valence-corrected chi connectivity index (χ0v) is 14.8. The SMILES string of the molecule is CCCCCNC(=O)c1cnc2cc(-c3ccccc3)nn2c1CC. The summed E-state index contributed by atoms with van der Waals surface area (Å²) in [5.41, 5.74) is 4.16. The summed E-state index contributed by atoms with van der Waals surface area (Å²) in [5, 5.41) is 7.67. The molecule has 1 aromatic carbocycles. The molecule has 0 saturated heterocycles. The second-order valence-electron chi connectivity index (χ2n) is 6.10. The molecule has 1 N–H and O–H groups in total. The molecule has 3 aromatic rings. The van der Waals surface area contributed by atoms with Gasteiger partial charge in [-0.05, 0) is 12.8 Å². The quantitative estimate of drug-likeness (QED) is 0.666. The number of nitrogens with one attached hydrogen (secondary N) is 1. The highest BCUT2D eigenvalue weighted by atomic mass is 16.1. The lowest BCUT2D eigenvalue weighted by molar-refractivity contribution is 0.0951. The standard InChI is InChI=1S/C20H24N4O/c1-3-5-9-12-21-20(25)16-14-22-19-13-17(15-10-7-6-8-11-15)23-24(19)18(16)4-2/h6-8,10-11,13-14H,3-5,9,12H2,1-2H3,(H,21,25). The van der Waals surface area contributed by atoms with Crippen molar-refractivity contribution in [3.63, 3.8) is 0 Å². The molecule has 0 aliphatic heterocycles. The Morgan fingerprint density at radius 1 is 1.16 bits per heavy atom. The maximum Gasteiger partial charge on any atom is 0.254 e. The van der Waals surface area contributed by atoms with Crippen molar-refractivity contribution < 1.29 is 4.79 Å². The van der Waals surface area contributed by atoms with Gasteiger partial charge in [0.1, 0.15) is 0 Å². The number of fused-ring (bicyclic) bond motifs is 1. The topological polar surface area (TPSA) is 59.3 Å². The third-order valence-electron chi connectivity index (χ3n) is 4.30. The van der Waals surface area contributed by atoms with Crippen LogP contribution in [0.2, 0.25) is 0 Å². The fraction of sp³-hybridized carbons (Fsp3) is 0.350. The number of carbonyl (C=O) groups is 1. The summed E-state index contributed by atoms with van der Waals surface area (Å²) in [6, 6.07) is 12.0. The van der Waals surface area contributed by atoms with Gasteiger partial charge in [0.2, 0.25) is 0 Å². The Morgan fingerprint density at radius 2 is 1.96 bits per heavy atom. The Bertz CT molecular complexity index is 855. The van der Waals surface area contributed by atoms with Crippen molar-refractivity contribution >= 4 is 11.6 Å². The number of hydrogen-bond acceptors (Lipinski definition) is 3. The molecule has 3 rings (SSSR count). The summed E-state index contributed by atoms with van der Waals surface area (Å²) >= 11 is 0. The number of unbranched alkanes of at least 4 members (excludes halogenated alkanes) is 2. The molecule has 5 heteroatoms. The molecule has 5 nitrogen and oxygen atoms in total. The van der Waals surface area contributed by atoms with Crippen LogP contribution in [0, 0.1) is 0 Å². The first-order valence-corrected chi connectivity index (χ1v) is 8.95. The van der Waals surface area contributed by atoms with E-state index >= 15 is 0 Å². The van der Waals surface area contributed by atoms with Crippen LogP contribution in [0.1, 0.15) is 49.2 Å². The number of hydrogen-bond donors (Lipinski definition) is 1. The van der Waals surface area contributed by atoms with Crippen molar-refractivity contribution in [2.75, 3.05) is 6.54 Å². The van der Waals surface area contributed by atoms with Crippen molar-refractivity contribution in [3.8, 4) is 11.3 Å². The van der Waals surface area contributed by atoms with Crippen LogP contribution in [-0.2, 0) is 6.42 Å². The molecule has 0 spiro atoms. The Hall–Kier alpha value is -2.69. The molecule has 0 aliphatic carbocycles. The number of aromatic nitrogens is 3. The first-order valence-electron chi connectivity index (χ1n) is 8.95. The number of rotatable bonds is 7. The predicted octanol–water partition coefficient (Wildman–Crippen LogP) is 3.88. The van der Waals surface area contributed by atoms with Crippen LogP contribution in [0.3, 0.4) is 0 Å². The molecule has 2 heterocycles. The van der Waals surface area contributed by atoms with Gasteiger partial charge in [0.25, 0.3) is 5.91 Å². The molecule has 2 aromatic heterocycles. The van der Waals surface area contributed by atoms with E-state index in [2.05, 4.69) is 22.3 Å². The largest absolute Gasteiger partial charge is 0.352 e. The van der Waals surface area contributed by atoms with Crippen molar-refractivity contribution in [1.82, 2.24) is 19.9 Å². The minimum absolute atomic E-state index is 0.0703. The predicted molar refractivity (Wildman–Crippen MR) is 99.7 cm³/mol. The Kier molecular flexibility index (Phi) is 5.43. The van der Waals surface area contributed by atoms with Crippen molar-refractivity contribution in [1.29, 1.82) is 0 Å². The van der Waals surface area contributed by atoms with Gasteiger partial charge < -0.3 is 5.32 Å². The Labute approximate surface area is 148 Å². The van der Waals surface area contributed by atoms with Gasteiger partial charge in [0, 0.05) is 24.4 Å². The highest BCUT2D eigenvalue weighted by Crippen LogP contribution is 2.20. The Balaban J connectivity index is 1.91. The third-order valence-corrected chi connectivity index (χ3v) is 4.30. The summed E-state index contributed by atoms with van der Waals surface area (Å²) in [4.78, 5) is 17.0. The van der Waals surface area contributed by atoms with Gasteiger partial charge in [-0.15, -0.1) is 0 Å². The van der Waals surface area contributed by atoms with Crippen LogP contribution in [0.5, 0.6) is 0 Å². The summed E-state index contributed by atoms with van der Waals surface area (Å²) in [7, 11) is 0. The lowest BCUT2D eigenvalue weighted by atomic mass is 10.1. The maximum atomic E-state index is 12.5. The van der Waals surface area contributed by atoms with Gasteiger partial charge in [0.15, 0.2) is 5.65 Å². The van der Waals surface area contributed by atoms with E-state index in [1.165, 1.54) is 0 Å². The van der Waals surface area contributed by atoms with Gasteiger partial charge in [-0.3, -0.25) is 4.79 Å². The average molecular weight is 336 g/mol. The van der Waals surface area contributed by atoms with E-state index in [0.717, 1.165) is 41.9 Å². The molecule has 25 heavy (non-hydrogen) atoms. The smallest absolute Gasteiger partial charge is 0.254 e. The van der Waals surface area contributed by atoms with Crippen molar-refractivity contribution in [2.45, 2.75) is 39.5 Å². The molecule has 1 amide bonds. The Morgan fingerprint density at radius 3 is 2.68 bits per heavy atom. The number of amides is 1. The zero-order chi connectivity index (χ0) is 17.6. The van der Waals surface area contributed by atoms with Gasteiger partial charge in [-0.25, -0.2) is 9.50 Å². The molecule has 0 radical (unpaired) electrons. The molecule has 0 bridgehead atoms. The fourth-order valence-corrected chi connectivity index (χ4v) is 2.93. The van der Waals surface area contributed by atoms with Crippen LogP contribution >= 0.6 is 0 Å². The fourth-order valence-electron chi connectivity index (χ4n) is 2.93. The second kappa shape index (κ2) is 7.92. The number of nitrogens with zero attached hydrogens (tertiary/aromatic N) is 3. The van der Waals surface area contributed by atoms with Gasteiger partial charge in [0.05, 0.1) is 17.0 Å². The lowest BCUT2D eigenvalue weighted by Gasteiger charge is -2.10. The highest BCUT2D eigenvalue weighted by molar-refractivity contribution is 5.95. The van der Waals surface area contributed by atoms with E-state index in [-0.39, 0.29) is 5.91 Å². The van der Waals surface area contributed by atoms with E-state index in [4.69, 9.17) is 0 Å². The van der Waals surface area contributed by atoms with Crippen molar-refractivity contribution in [2.24, 2.45) is 0 Å². The van der Waals surface area contributed by atoms with E-state index in [0.29, 0.717) is 18.5 Å². The van der Waals surface area contributed by atoms with Gasteiger partial charge in [-0.1, -0.05) is 57.0 Å². The minimum Gasteiger partial charge on any atom is -0.352 e. The highest BCUT2D eigenvalue weighted by Gasteiger charge is 2.16. The summed E-state index contributed by atoms with van der Waals surface area (Å²) in [6.45, 7) is 4.88. The third kappa shape index (κ3) is 3.71. The lowest BCUT2D eigenvalue weighted by Crippen LogP contribution is -2.26. The van der Waals surface area contributed by atoms with Gasteiger partial charge >= 0.3 is 0 Å². The molecule has 0 unspecified atom stereocenters. The first kappa shape index (κ1) is 17.1. The normalized spacial score (nSPS) is 11.0. The summed E-state index contributed by atoms with van der Waals surface area (Å²) in [6.07, 6.45) is 5.64. The number of carbonyl (C=O) groups excluding carboxylic acids is 1. The second-order valence-corrected chi connectivity index (χ2v) is 6.10. The number of aryl methyl sites for hydroxylation is 1. The monoisotopic (exact) mass is 336 g/mol. The van der Waals surface area contributed by atoms with Crippen molar-refractivity contribution in [3.05, 3.63) is 53.9 Å². The average Bonchev–Trinajstić information content (AvgIpc) is 3.09. The first-order chi connectivity index (χ1) is 12.2. The summed E-state index contributed by atoms with van der Waals surface area (Å²) < 4.78 is 1.79. The molecule has 130 valence electrons. The van der Waals surface area contributed by atoms with Gasteiger partial charge in [-0.2, -0.15) is 5.10 Å². The molecule has 0 fully saturated rings. The molecule has 0 aliphatic rings. The van der Waals surface area contributed by atoms with Crippen LogP contribution < -0.4 is 5.32 Å². The minimum atomic E-state index is -0.0703. The molecule has 0 atom stereocenters. The maximum absolute atomic E-state index is 12.5. The van der Waals surface area contributed by atoms with Crippen LogP contribution in [0.4, 0.5) is 0 Å².